The molecule has 0 spiro atoms. The zero-order chi connectivity index (χ0) is 15.4. The molecule has 2 aromatic rings. The molecule has 2 aromatic carbocycles. The van der Waals surface area contributed by atoms with E-state index in [0.29, 0.717) is 0 Å². The zero-order valence-corrected chi connectivity index (χ0v) is 17.1. The number of rotatable bonds is 0. The van der Waals surface area contributed by atoms with Gasteiger partial charge in [0.15, 0.2) is 0 Å². The van der Waals surface area contributed by atoms with Gasteiger partial charge < -0.3 is 0 Å². The van der Waals surface area contributed by atoms with Crippen LogP contribution in [0.4, 0.5) is 0 Å². The summed E-state index contributed by atoms with van der Waals surface area (Å²) < 4.78 is 0. The molecule has 0 saturated heterocycles. The average Bonchev–Trinajstić information content (AvgIpc) is 2.56. The van der Waals surface area contributed by atoms with E-state index in [1.54, 1.807) is 0 Å². The van der Waals surface area contributed by atoms with Gasteiger partial charge in [0.25, 0.3) is 0 Å². The second kappa shape index (κ2) is 31.1. The van der Waals surface area contributed by atoms with Gasteiger partial charge in [-0.25, -0.2) is 0 Å². The monoisotopic (exact) mass is 347 g/mol. The van der Waals surface area contributed by atoms with E-state index in [0.717, 1.165) is 0 Å². The Balaban J connectivity index is -0.0000000907. The smallest absolute Gasteiger partial charge is 0 e. The van der Waals surface area contributed by atoms with E-state index in [-0.39, 0.29) is 32.7 Å². The van der Waals surface area contributed by atoms with Crippen LogP contribution in [0.3, 0.4) is 0 Å². The topological polar surface area (TPSA) is 0 Å². The van der Waals surface area contributed by atoms with Crippen LogP contribution in [0.1, 0.15) is 47.1 Å². The van der Waals surface area contributed by atoms with Crippen LogP contribution in [-0.4, -0.2) is 0 Å². The van der Waals surface area contributed by atoms with Crippen molar-refractivity contribution in [2.24, 2.45) is 0 Å². The Bertz CT molecular complexity index is 276. The first-order valence-electron chi connectivity index (χ1n) is 7.23. The summed E-state index contributed by atoms with van der Waals surface area (Å²) in [5.41, 5.74) is 1.29. The first-order valence-corrected chi connectivity index (χ1v) is 7.23. The fourth-order valence-electron chi connectivity index (χ4n) is 0.812. The van der Waals surface area contributed by atoms with Crippen molar-refractivity contribution in [1.29, 1.82) is 0 Å². The molecular formula is C19H30Y-2. The van der Waals surface area contributed by atoms with Crippen LogP contribution in [-0.2, 0) is 32.7 Å². The molecule has 0 heterocycles. The van der Waals surface area contributed by atoms with E-state index in [1.807, 2.05) is 96.1 Å². The second-order valence-electron chi connectivity index (χ2n) is 2.65. The van der Waals surface area contributed by atoms with Crippen LogP contribution in [0, 0.1) is 19.1 Å². The molecule has 1 heteroatoms. The predicted octanol–water partition coefficient (Wildman–Crippen LogP) is 6.36. The van der Waals surface area contributed by atoms with E-state index >= 15 is 0 Å². The zero-order valence-electron chi connectivity index (χ0n) is 14.3. The van der Waals surface area contributed by atoms with Crippen LogP contribution >= 0.6 is 0 Å². The van der Waals surface area contributed by atoms with Gasteiger partial charge >= 0.3 is 0 Å². The first kappa shape index (κ1) is 27.8. The number of hydrogen-bond donors (Lipinski definition) is 0. The Labute approximate surface area is 152 Å². The average molecular weight is 347 g/mol. The van der Waals surface area contributed by atoms with E-state index in [1.165, 1.54) is 5.56 Å². The third-order valence-electron chi connectivity index (χ3n) is 1.49. The van der Waals surface area contributed by atoms with Gasteiger partial charge in [0.05, 0.1) is 0 Å². The van der Waals surface area contributed by atoms with Crippen molar-refractivity contribution in [3.63, 3.8) is 0 Å². The Hall–Kier alpha value is -0.456. The minimum absolute atomic E-state index is 0. The van der Waals surface area contributed by atoms with Crippen molar-refractivity contribution in [1.82, 2.24) is 0 Å². The molecule has 0 aliphatic rings. The molecule has 0 nitrogen and oxygen atoms in total. The van der Waals surface area contributed by atoms with Gasteiger partial charge in [-0.3, -0.25) is 0 Å². The second-order valence-corrected chi connectivity index (χ2v) is 2.65. The van der Waals surface area contributed by atoms with Gasteiger partial charge in [0.2, 0.25) is 0 Å². The minimum Gasteiger partial charge on any atom is -0.184 e. The fourth-order valence-corrected chi connectivity index (χ4v) is 0.812. The van der Waals surface area contributed by atoms with Gasteiger partial charge in [-0.05, 0) is 0 Å². The molecule has 111 valence electrons. The molecular weight excluding hydrogens is 317 g/mol. The van der Waals surface area contributed by atoms with Crippen LogP contribution < -0.4 is 0 Å². The maximum absolute atomic E-state index is 2.93. The van der Waals surface area contributed by atoms with Crippen molar-refractivity contribution < 1.29 is 32.7 Å². The van der Waals surface area contributed by atoms with Gasteiger partial charge in [0, 0.05) is 32.7 Å². The van der Waals surface area contributed by atoms with Crippen molar-refractivity contribution in [2.45, 2.75) is 48.5 Å². The van der Waals surface area contributed by atoms with Gasteiger partial charge in [-0.1, -0.05) is 48.5 Å². The normalized spacial score (nSPS) is 6.35. The summed E-state index contributed by atoms with van der Waals surface area (Å²) in [4.78, 5) is 0. The molecule has 0 saturated carbocycles. The van der Waals surface area contributed by atoms with Crippen molar-refractivity contribution in [3.05, 3.63) is 72.3 Å². The summed E-state index contributed by atoms with van der Waals surface area (Å²) in [5, 5.41) is 0. The molecule has 0 unspecified atom stereocenters. The molecule has 0 fully saturated rings. The standard InChI is InChI=1S/C7H7.C6H5.3C2H6.Y/c1-7-5-3-2-4-6-7;1-2-4-6-5-3-1;3*1-2;/h3-6H,1H3;1-5H;3*1-2H3;/q2*-1;;;;. The Morgan fingerprint density at radius 3 is 1.10 bits per heavy atom. The molecule has 0 aromatic heterocycles. The van der Waals surface area contributed by atoms with E-state index in [9.17, 15) is 0 Å². The molecule has 0 aliphatic carbocycles. The number of aryl methyl sites for hydroxylation is 1. The fraction of sp³-hybridized carbons (Fsp3) is 0.368. The summed E-state index contributed by atoms with van der Waals surface area (Å²) in [7, 11) is 0. The summed E-state index contributed by atoms with van der Waals surface area (Å²) in [6.07, 6.45) is 0. The molecule has 0 bridgehead atoms. The van der Waals surface area contributed by atoms with Gasteiger partial charge in [-0.15, -0.1) is 0 Å². The summed E-state index contributed by atoms with van der Waals surface area (Å²) in [6, 6.07) is 23.3. The number of benzene rings is 2. The molecule has 0 atom stereocenters. The quantitative estimate of drug-likeness (QED) is 0.487. The van der Waals surface area contributed by atoms with Crippen LogP contribution in [0.5, 0.6) is 0 Å². The Morgan fingerprint density at radius 2 is 0.950 bits per heavy atom. The maximum Gasteiger partial charge on any atom is 0 e. The van der Waals surface area contributed by atoms with Crippen LogP contribution in [0.2, 0.25) is 0 Å². The minimum atomic E-state index is 0. The molecule has 20 heavy (non-hydrogen) atoms. The first-order chi connectivity index (χ1) is 9.39. The molecule has 0 aliphatic heterocycles. The van der Waals surface area contributed by atoms with E-state index in [2.05, 4.69) is 19.1 Å². The Kier molecular flexibility index (Phi) is 43.3. The van der Waals surface area contributed by atoms with Crippen LogP contribution in [0.25, 0.3) is 0 Å². The number of hydrogen-bond acceptors (Lipinski definition) is 0. The molecule has 0 N–H and O–H groups in total. The summed E-state index contributed by atoms with van der Waals surface area (Å²) >= 11 is 0. The van der Waals surface area contributed by atoms with Gasteiger partial charge in [-0.2, -0.15) is 72.3 Å². The Morgan fingerprint density at radius 1 is 0.600 bits per heavy atom. The van der Waals surface area contributed by atoms with E-state index < -0.39 is 0 Å². The molecule has 0 amide bonds. The van der Waals surface area contributed by atoms with Crippen molar-refractivity contribution in [2.75, 3.05) is 0 Å². The van der Waals surface area contributed by atoms with Gasteiger partial charge in [0.1, 0.15) is 0 Å². The molecule has 1 radical (unpaired) electrons. The predicted molar refractivity (Wildman–Crippen MR) is 89.3 cm³/mol. The molecule has 2 rings (SSSR count). The van der Waals surface area contributed by atoms with Crippen molar-refractivity contribution in [3.8, 4) is 0 Å². The SMILES string of the molecule is CC.CC.CC.Cc1cc[c-]cc1.[Y].[c-]1ccccc1. The third-order valence-corrected chi connectivity index (χ3v) is 1.49. The van der Waals surface area contributed by atoms with Crippen LogP contribution in [0.15, 0.2) is 54.6 Å². The van der Waals surface area contributed by atoms with E-state index in [4.69, 9.17) is 0 Å². The summed E-state index contributed by atoms with van der Waals surface area (Å²) in [5.74, 6) is 0. The summed E-state index contributed by atoms with van der Waals surface area (Å²) in [6.45, 7) is 14.1. The maximum atomic E-state index is 2.93. The third kappa shape index (κ3) is 26.2. The van der Waals surface area contributed by atoms with Crippen molar-refractivity contribution >= 4 is 0 Å². The largest absolute Gasteiger partial charge is 0.184 e.